The summed E-state index contributed by atoms with van der Waals surface area (Å²) in [6, 6.07) is 6.70. The largest absolute Gasteiger partial charge is 0.384 e. The molecule has 1 fully saturated rings. The van der Waals surface area contributed by atoms with E-state index < -0.39 is 0 Å². The lowest BCUT2D eigenvalue weighted by atomic mass is 9.93. The zero-order chi connectivity index (χ0) is 29.5. The summed E-state index contributed by atoms with van der Waals surface area (Å²) in [5, 5.41) is 17.5. The van der Waals surface area contributed by atoms with Gasteiger partial charge in [-0.2, -0.15) is 0 Å². The van der Waals surface area contributed by atoms with E-state index in [0.29, 0.717) is 12.5 Å². The molecule has 0 aliphatic heterocycles. The van der Waals surface area contributed by atoms with Gasteiger partial charge in [0.1, 0.15) is 6.61 Å². The molecule has 1 atom stereocenters. The molecular formula is C38H45N3O. The van der Waals surface area contributed by atoms with Gasteiger partial charge in [0, 0.05) is 50.7 Å². The van der Waals surface area contributed by atoms with Crippen molar-refractivity contribution in [2.75, 3.05) is 18.5 Å². The van der Waals surface area contributed by atoms with Crippen molar-refractivity contribution >= 4 is 22.7 Å². The van der Waals surface area contributed by atoms with Crippen LogP contribution in [-0.2, 0) is 6.42 Å². The Labute approximate surface area is 251 Å². The Morgan fingerprint density at radius 3 is 2.62 bits per heavy atom. The molecule has 42 heavy (non-hydrogen) atoms. The summed E-state index contributed by atoms with van der Waals surface area (Å²) in [7, 11) is 0. The monoisotopic (exact) mass is 559 g/mol. The quantitative estimate of drug-likeness (QED) is 0.220. The number of aromatic amines is 1. The van der Waals surface area contributed by atoms with Gasteiger partial charge in [-0.15, -0.1) is 0 Å². The number of nitrogens with one attached hydrogen (secondary N) is 3. The summed E-state index contributed by atoms with van der Waals surface area (Å²) in [6.45, 7) is 9.39. The van der Waals surface area contributed by atoms with Crippen molar-refractivity contribution in [3.63, 3.8) is 0 Å². The predicted octanol–water partition coefficient (Wildman–Crippen LogP) is 8.64. The van der Waals surface area contributed by atoms with Gasteiger partial charge in [-0.25, -0.2) is 0 Å². The fourth-order valence-corrected chi connectivity index (χ4v) is 6.01. The molecule has 4 nitrogen and oxygen atoms in total. The van der Waals surface area contributed by atoms with Crippen LogP contribution in [0.2, 0.25) is 0 Å². The highest BCUT2D eigenvalue weighted by molar-refractivity contribution is 5.93. The molecule has 5 rings (SSSR count). The van der Waals surface area contributed by atoms with Crippen molar-refractivity contribution in [1.82, 2.24) is 10.3 Å². The van der Waals surface area contributed by atoms with Crippen molar-refractivity contribution in [2.45, 2.75) is 72.6 Å². The standard InChI is InChI=1S/C38H45N3O/c1-5-27-22-26(4)23-28(6-2)30(24-27)16-18-32-33-19-17-31(25-37(33)41-35(32)7-3)40-36-13-9-8-12-34(36)38(29-14-15-29)39-20-10-11-21-42/h12-13,16-19,22-25,28,39-42H,5-9,14-15,20-21H2,1-4H3/b18-16+/t28-/m0/s1. The molecule has 2 aromatic rings. The topological polar surface area (TPSA) is 60.1 Å². The van der Waals surface area contributed by atoms with Crippen LogP contribution < -0.4 is 10.6 Å². The first-order valence-corrected chi connectivity index (χ1v) is 15.7. The van der Waals surface area contributed by atoms with Crippen molar-refractivity contribution in [3.8, 4) is 11.8 Å². The summed E-state index contributed by atoms with van der Waals surface area (Å²) in [6.07, 6.45) is 23.9. The Morgan fingerprint density at radius 1 is 1.05 bits per heavy atom. The molecule has 4 N–H and O–H groups in total. The molecule has 1 aromatic heterocycles. The number of H-pyrrole nitrogens is 1. The Kier molecular flexibility index (Phi) is 9.72. The third kappa shape index (κ3) is 6.92. The van der Waals surface area contributed by atoms with Gasteiger partial charge < -0.3 is 20.7 Å². The number of aromatic nitrogens is 1. The third-order valence-corrected chi connectivity index (χ3v) is 8.34. The van der Waals surface area contributed by atoms with Gasteiger partial charge in [-0.3, -0.25) is 0 Å². The SMILES string of the molecule is CCC1=CC(C)=C[C@H](CC)C(/C=C/c2c(CC)[nH]c3cc(NC4=CCCC=C4C(NCC#CCO)=C4CC4)ccc23)=C1. The Bertz CT molecular complexity index is 1600. The maximum atomic E-state index is 9.01. The summed E-state index contributed by atoms with van der Waals surface area (Å²) < 4.78 is 0. The number of hydrogen-bond donors (Lipinski definition) is 4. The van der Waals surface area contributed by atoms with Gasteiger partial charge in [-0.1, -0.05) is 86.8 Å². The van der Waals surface area contributed by atoms with E-state index in [4.69, 9.17) is 5.11 Å². The van der Waals surface area contributed by atoms with Crippen LogP contribution in [0.3, 0.4) is 0 Å². The molecule has 218 valence electrons. The third-order valence-electron chi connectivity index (χ3n) is 8.34. The number of benzene rings is 1. The van der Waals surface area contributed by atoms with E-state index in [2.05, 4.69) is 116 Å². The molecule has 1 heterocycles. The van der Waals surface area contributed by atoms with Crippen LogP contribution in [0.15, 0.2) is 93.9 Å². The number of rotatable bonds is 10. The maximum Gasteiger partial charge on any atom is 0.104 e. The first-order chi connectivity index (χ1) is 20.5. The minimum Gasteiger partial charge on any atom is -0.384 e. The first-order valence-electron chi connectivity index (χ1n) is 15.7. The van der Waals surface area contributed by atoms with Crippen LogP contribution in [0.5, 0.6) is 0 Å². The number of fused-ring (bicyclic) bond motifs is 1. The lowest BCUT2D eigenvalue weighted by Crippen LogP contribution is -2.19. The fourth-order valence-electron chi connectivity index (χ4n) is 6.01. The van der Waals surface area contributed by atoms with Crippen molar-refractivity contribution < 1.29 is 5.11 Å². The van der Waals surface area contributed by atoms with Gasteiger partial charge >= 0.3 is 0 Å². The second kappa shape index (κ2) is 13.8. The first kappa shape index (κ1) is 29.5. The van der Waals surface area contributed by atoms with Crippen LogP contribution >= 0.6 is 0 Å². The molecule has 0 saturated heterocycles. The molecule has 0 spiro atoms. The number of hydrogen-bond acceptors (Lipinski definition) is 3. The van der Waals surface area contributed by atoms with Crippen LogP contribution in [-0.4, -0.2) is 23.2 Å². The van der Waals surface area contributed by atoms with Crippen LogP contribution in [0, 0.1) is 17.8 Å². The van der Waals surface area contributed by atoms with E-state index in [1.54, 1.807) is 0 Å². The van der Waals surface area contributed by atoms with Gasteiger partial charge in [0.25, 0.3) is 0 Å². The van der Waals surface area contributed by atoms with E-state index in [1.165, 1.54) is 50.2 Å². The zero-order valence-corrected chi connectivity index (χ0v) is 25.7. The van der Waals surface area contributed by atoms with E-state index in [1.807, 2.05) is 0 Å². The average molecular weight is 560 g/mol. The number of anilines is 1. The molecular weight excluding hydrogens is 514 g/mol. The van der Waals surface area contributed by atoms with Crippen molar-refractivity contribution in [2.24, 2.45) is 5.92 Å². The molecule has 1 saturated carbocycles. The minimum atomic E-state index is -0.104. The highest BCUT2D eigenvalue weighted by Crippen LogP contribution is 2.38. The molecule has 0 bridgehead atoms. The highest BCUT2D eigenvalue weighted by Gasteiger charge is 2.23. The number of aliphatic hydroxyl groups excluding tert-OH is 1. The van der Waals surface area contributed by atoms with Crippen LogP contribution in [0.4, 0.5) is 5.69 Å². The molecule has 3 aliphatic rings. The summed E-state index contributed by atoms with van der Waals surface area (Å²) >= 11 is 0. The van der Waals surface area contributed by atoms with Crippen molar-refractivity contribution in [3.05, 3.63) is 105 Å². The Balaban J connectivity index is 1.40. The maximum absolute atomic E-state index is 9.01. The molecule has 0 unspecified atom stereocenters. The lowest BCUT2D eigenvalue weighted by Gasteiger charge is -2.21. The fraction of sp³-hybridized carbons (Fsp3) is 0.368. The summed E-state index contributed by atoms with van der Waals surface area (Å²) in [4.78, 5) is 3.72. The van der Waals surface area contributed by atoms with Gasteiger partial charge in [0.15, 0.2) is 0 Å². The Hall–Kier alpha value is -3.94. The molecule has 0 radical (unpaired) electrons. The smallest absolute Gasteiger partial charge is 0.104 e. The van der Waals surface area contributed by atoms with E-state index in [-0.39, 0.29) is 6.61 Å². The average Bonchev–Trinajstić information content (AvgIpc) is 3.80. The predicted molar refractivity (Wildman–Crippen MR) is 179 cm³/mol. The zero-order valence-electron chi connectivity index (χ0n) is 25.7. The Morgan fingerprint density at radius 2 is 1.88 bits per heavy atom. The normalized spacial score (nSPS) is 18.4. The lowest BCUT2D eigenvalue weighted by molar-refractivity contribution is 0.350. The minimum absolute atomic E-state index is 0.104. The highest BCUT2D eigenvalue weighted by atomic mass is 16.2. The van der Waals surface area contributed by atoms with Crippen LogP contribution in [0.25, 0.3) is 17.0 Å². The van der Waals surface area contributed by atoms with Gasteiger partial charge in [-0.05, 0) is 80.7 Å². The van der Waals surface area contributed by atoms with Gasteiger partial charge in [0.05, 0.1) is 6.54 Å². The van der Waals surface area contributed by atoms with E-state index >= 15 is 0 Å². The second-order valence-electron chi connectivity index (χ2n) is 11.4. The number of allylic oxidation sites excluding steroid dienone is 10. The molecule has 1 aromatic carbocycles. The summed E-state index contributed by atoms with van der Waals surface area (Å²) in [5.41, 5.74) is 14.0. The van der Waals surface area contributed by atoms with Crippen molar-refractivity contribution in [1.29, 1.82) is 0 Å². The summed E-state index contributed by atoms with van der Waals surface area (Å²) in [5.74, 6) is 6.18. The van der Waals surface area contributed by atoms with Crippen LogP contribution in [0.1, 0.15) is 77.5 Å². The molecule has 0 amide bonds. The molecule has 3 aliphatic carbocycles. The number of aliphatic hydroxyl groups is 1. The van der Waals surface area contributed by atoms with E-state index in [9.17, 15) is 0 Å². The van der Waals surface area contributed by atoms with Gasteiger partial charge in [0.2, 0.25) is 0 Å². The molecule has 4 heteroatoms. The van der Waals surface area contributed by atoms with E-state index in [0.717, 1.165) is 61.8 Å². The second-order valence-corrected chi connectivity index (χ2v) is 11.4. The number of aryl methyl sites for hydroxylation is 1.